The molecule has 1 aliphatic heterocycles. The first-order valence-electron chi connectivity index (χ1n) is 6.83. The predicted molar refractivity (Wildman–Crippen MR) is 77.4 cm³/mol. The lowest BCUT2D eigenvalue weighted by Gasteiger charge is -2.26. The van der Waals surface area contributed by atoms with Crippen LogP contribution in [0.25, 0.3) is 0 Å². The standard InChI is InChI=1S/C13H22N4OS/c1-2-19-13-15-10-12(11-16-13)9-14-3-4-17-5-7-18-8-6-17/h10-11,14H,2-9H2,1H3. The van der Waals surface area contributed by atoms with Gasteiger partial charge in [-0.2, -0.15) is 0 Å². The van der Waals surface area contributed by atoms with Crippen molar-refractivity contribution in [2.24, 2.45) is 0 Å². The molecule has 1 aliphatic rings. The molecule has 19 heavy (non-hydrogen) atoms. The second-order valence-corrected chi connectivity index (χ2v) is 5.67. The van der Waals surface area contributed by atoms with Crippen molar-refractivity contribution in [3.63, 3.8) is 0 Å². The van der Waals surface area contributed by atoms with Crippen LogP contribution in [0, 0.1) is 0 Å². The maximum absolute atomic E-state index is 5.33. The maximum atomic E-state index is 5.33. The van der Waals surface area contributed by atoms with Crippen molar-refractivity contribution in [2.45, 2.75) is 18.6 Å². The molecule has 0 aliphatic carbocycles. The molecule has 6 heteroatoms. The van der Waals surface area contributed by atoms with Crippen LogP contribution in [0.4, 0.5) is 0 Å². The molecule has 0 amide bonds. The Bertz CT molecular complexity index is 354. The van der Waals surface area contributed by atoms with E-state index in [4.69, 9.17) is 4.74 Å². The minimum absolute atomic E-state index is 0.835. The van der Waals surface area contributed by atoms with E-state index in [2.05, 4.69) is 27.1 Å². The highest BCUT2D eigenvalue weighted by Crippen LogP contribution is 2.10. The number of aromatic nitrogens is 2. The second-order valence-electron chi connectivity index (χ2n) is 4.44. The van der Waals surface area contributed by atoms with Gasteiger partial charge < -0.3 is 10.1 Å². The highest BCUT2D eigenvalue weighted by atomic mass is 32.2. The number of rotatable bonds is 7. The van der Waals surface area contributed by atoms with E-state index in [9.17, 15) is 0 Å². The number of hydrogen-bond acceptors (Lipinski definition) is 6. The van der Waals surface area contributed by atoms with Crippen molar-refractivity contribution in [2.75, 3.05) is 45.1 Å². The van der Waals surface area contributed by atoms with Crippen LogP contribution in [0.3, 0.4) is 0 Å². The molecule has 1 N–H and O–H groups in total. The van der Waals surface area contributed by atoms with Crippen molar-refractivity contribution in [3.05, 3.63) is 18.0 Å². The summed E-state index contributed by atoms with van der Waals surface area (Å²) >= 11 is 1.67. The molecule has 0 unspecified atom stereocenters. The number of nitrogens with one attached hydrogen (secondary N) is 1. The highest BCUT2D eigenvalue weighted by Gasteiger charge is 2.08. The van der Waals surface area contributed by atoms with Crippen LogP contribution < -0.4 is 5.32 Å². The fraction of sp³-hybridized carbons (Fsp3) is 0.692. The molecule has 2 heterocycles. The Morgan fingerprint density at radius 2 is 2.05 bits per heavy atom. The Hall–Kier alpha value is -0.690. The number of hydrogen-bond donors (Lipinski definition) is 1. The molecule has 0 spiro atoms. The molecule has 0 saturated carbocycles. The minimum atomic E-state index is 0.835. The molecule has 106 valence electrons. The third-order valence-corrected chi connectivity index (χ3v) is 3.75. The maximum Gasteiger partial charge on any atom is 0.187 e. The summed E-state index contributed by atoms with van der Waals surface area (Å²) in [4.78, 5) is 11.1. The molecule has 5 nitrogen and oxygen atoms in total. The van der Waals surface area contributed by atoms with E-state index in [1.165, 1.54) is 0 Å². The zero-order valence-electron chi connectivity index (χ0n) is 11.5. The van der Waals surface area contributed by atoms with Gasteiger partial charge in [-0.25, -0.2) is 9.97 Å². The van der Waals surface area contributed by atoms with Gasteiger partial charge in [-0.1, -0.05) is 18.7 Å². The lowest BCUT2D eigenvalue weighted by atomic mass is 10.3. The van der Waals surface area contributed by atoms with Crippen LogP contribution in [0.2, 0.25) is 0 Å². The quantitative estimate of drug-likeness (QED) is 0.458. The lowest BCUT2D eigenvalue weighted by molar-refractivity contribution is 0.0384. The topological polar surface area (TPSA) is 50.3 Å². The smallest absolute Gasteiger partial charge is 0.187 e. The molecule has 0 bridgehead atoms. The zero-order chi connectivity index (χ0) is 13.3. The minimum Gasteiger partial charge on any atom is -0.379 e. The van der Waals surface area contributed by atoms with Gasteiger partial charge >= 0.3 is 0 Å². The Morgan fingerprint density at radius 1 is 1.32 bits per heavy atom. The summed E-state index contributed by atoms with van der Waals surface area (Å²) in [6, 6.07) is 0. The molecule has 1 aromatic rings. The molecular formula is C13H22N4OS. The van der Waals surface area contributed by atoms with E-state index in [0.29, 0.717) is 0 Å². The van der Waals surface area contributed by atoms with Crippen LogP contribution in [0.5, 0.6) is 0 Å². The predicted octanol–water partition coefficient (Wildman–Crippen LogP) is 1.01. The molecular weight excluding hydrogens is 260 g/mol. The van der Waals surface area contributed by atoms with E-state index >= 15 is 0 Å². The van der Waals surface area contributed by atoms with Crippen molar-refractivity contribution in [1.29, 1.82) is 0 Å². The van der Waals surface area contributed by atoms with Gasteiger partial charge in [0.05, 0.1) is 13.2 Å². The third-order valence-electron chi connectivity index (χ3n) is 2.99. The largest absolute Gasteiger partial charge is 0.379 e. The van der Waals surface area contributed by atoms with Crippen molar-refractivity contribution in [3.8, 4) is 0 Å². The summed E-state index contributed by atoms with van der Waals surface area (Å²) in [5.41, 5.74) is 1.14. The molecule has 1 fully saturated rings. The fourth-order valence-electron chi connectivity index (χ4n) is 1.93. The van der Waals surface area contributed by atoms with Crippen LogP contribution >= 0.6 is 11.8 Å². The average Bonchev–Trinajstić information content (AvgIpc) is 2.47. The number of morpholine rings is 1. The van der Waals surface area contributed by atoms with Gasteiger partial charge in [0.2, 0.25) is 0 Å². The second kappa shape index (κ2) is 8.47. The summed E-state index contributed by atoms with van der Waals surface area (Å²) in [6.07, 6.45) is 3.82. The molecule has 0 aromatic carbocycles. The van der Waals surface area contributed by atoms with E-state index < -0.39 is 0 Å². The summed E-state index contributed by atoms with van der Waals surface area (Å²) in [6.45, 7) is 8.84. The first-order valence-corrected chi connectivity index (χ1v) is 7.81. The first-order chi connectivity index (χ1) is 9.38. The molecule has 1 saturated heterocycles. The summed E-state index contributed by atoms with van der Waals surface area (Å²) < 4.78 is 5.33. The van der Waals surface area contributed by atoms with Crippen LogP contribution in [0.15, 0.2) is 17.6 Å². The van der Waals surface area contributed by atoms with Crippen molar-refractivity contribution in [1.82, 2.24) is 20.2 Å². The highest BCUT2D eigenvalue weighted by molar-refractivity contribution is 7.99. The summed E-state index contributed by atoms with van der Waals surface area (Å²) in [5, 5.41) is 4.29. The van der Waals surface area contributed by atoms with E-state index in [1.54, 1.807) is 11.8 Å². The van der Waals surface area contributed by atoms with E-state index in [0.717, 1.165) is 62.4 Å². The number of thioether (sulfide) groups is 1. The summed E-state index contributed by atoms with van der Waals surface area (Å²) in [7, 11) is 0. The fourth-order valence-corrected chi connectivity index (χ4v) is 2.45. The van der Waals surface area contributed by atoms with Crippen LogP contribution in [-0.2, 0) is 11.3 Å². The van der Waals surface area contributed by atoms with Crippen molar-refractivity contribution >= 4 is 11.8 Å². The lowest BCUT2D eigenvalue weighted by Crippen LogP contribution is -2.40. The molecule has 1 aromatic heterocycles. The average molecular weight is 282 g/mol. The van der Waals surface area contributed by atoms with E-state index in [1.807, 2.05) is 12.4 Å². The summed E-state index contributed by atoms with van der Waals surface area (Å²) in [5.74, 6) is 1.01. The van der Waals surface area contributed by atoms with Gasteiger partial charge in [0.15, 0.2) is 5.16 Å². The van der Waals surface area contributed by atoms with Gasteiger partial charge in [0.25, 0.3) is 0 Å². The normalized spacial score (nSPS) is 16.7. The Kier molecular flexibility index (Phi) is 6.56. The van der Waals surface area contributed by atoms with Gasteiger partial charge in [-0.3, -0.25) is 4.90 Å². The Morgan fingerprint density at radius 3 is 2.74 bits per heavy atom. The molecule has 2 rings (SSSR count). The van der Waals surface area contributed by atoms with Gasteiger partial charge in [-0.05, 0) is 5.75 Å². The van der Waals surface area contributed by atoms with Gasteiger partial charge in [-0.15, -0.1) is 0 Å². The number of ether oxygens (including phenoxy) is 1. The van der Waals surface area contributed by atoms with Crippen LogP contribution in [-0.4, -0.2) is 60.0 Å². The molecule has 0 radical (unpaired) electrons. The van der Waals surface area contributed by atoms with Crippen molar-refractivity contribution < 1.29 is 4.74 Å². The first kappa shape index (κ1) is 14.7. The SMILES string of the molecule is CCSc1ncc(CNCCN2CCOCC2)cn1. The Labute approximate surface area is 119 Å². The number of nitrogens with zero attached hydrogens (tertiary/aromatic N) is 3. The third kappa shape index (κ3) is 5.44. The monoisotopic (exact) mass is 282 g/mol. The van der Waals surface area contributed by atoms with E-state index in [-0.39, 0.29) is 0 Å². The zero-order valence-corrected chi connectivity index (χ0v) is 12.3. The van der Waals surface area contributed by atoms with Crippen LogP contribution in [0.1, 0.15) is 12.5 Å². The Balaban J connectivity index is 1.62. The van der Waals surface area contributed by atoms with Gasteiger partial charge in [0.1, 0.15) is 0 Å². The molecule has 0 atom stereocenters. The van der Waals surface area contributed by atoms with Gasteiger partial charge in [0, 0.05) is 50.7 Å².